The number of methoxy groups -OCH3 is 1. The topological polar surface area (TPSA) is 55.9 Å². The maximum atomic E-state index is 12.2. The lowest BCUT2D eigenvalue weighted by Gasteiger charge is -2.18. The third-order valence-electron chi connectivity index (χ3n) is 2.97. The molecular weight excluding hydrogens is 220 g/mol. The van der Waals surface area contributed by atoms with Crippen molar-refractivity contribution < 1.29 is 19.1 Å². The van der Waals surface area contributed by atoms with Gasteiger partial charge in [0.1, 0.15) is 6.10 Å². The third-order valence-corrected chi connectivity index (χ3v) is 2.97. The number of carbonyl (C=O) groups excluding carboxylic acids is 2. The van der Waals surface area contributed by atoms with E-state index in [9.17, 15) is 9.59 Å². The van der Waals surface area contributed by atoms with Crippen LogP contribution in [0.1, 0.15) is 20.7 Å². The van der Waals surface area contributed by atoms with Crippen LogP contribution >= 0.6 is 0 Å². The number of hydrogen-bond acceptors (Lipinski definition) is 4. The van der Waals surface area contributed by atoms with E-state index in [0.717, 1.165) is 0 Å². The van der Waals surface area contributed by atoms with Gasteiger partial charge in [-0.05, 0) is 0 Å². The Morgan fingerprint density at radius 2 is 1.76 bits per heavy atom. The van der Waals surface area contributed by atoms with Crippen molar-refractivity contribution in [2.45, 2.75) is 6.10 Å². The Morgan fingerprint density at radius 1 is 1.18 bits per heavy atom. The largest absolute Gasteiger partial charge is 0.492 e. The molecule has 1 aromatic rings. The highest BCUT2D eigenvalue weighted by Gasteiger charge is 2.42. The number of benzene rings is 1. The van der Waals surface area contributed by atoms with Gasteiger partial charge in [0, 0.05) is 11.1 Å². The molecule has 1 saturated heterocycles. The first-order chi connectivity index (χ1) is 8.24. The number of ketones is 2. The molecule has 1 fully saturated rings. The lowest BCUT2D eigenvalue weighted by atomic mass is 9.87. The fourth-order valence-corrected chi connectivity index (χ4v) is 2.08. The van der Waals surface area contributed by atoms with Gasteiger partial charge in [-0.15, -0.1) is 0 Å². The van der Waals surface area contributed by atoms with E-state index in [0.29, 0.717) is 23.3 Å². The average Bonchev–Trinajstić information content (AvgIpc) is 3.17. The van der Waals surface area contributed by atoms with Crippen LogP contribution in [0.15, 0.2) is 35.6 Å². The van der Waals surface area contributed by atoms with Crippen molar-refractivity contribution in [3.05, 3.63) is 46.7 Å². The Labute approximate surface area is 97.8 Å². The smallest absolute Gasteiger partial charge is 0.228 e. The summed E-state index contributed by atoms with van der Waals surface area (Å²) >= 11 is 0. The van der Waals surface area contributed by atoms with Crippen molar-refractivity contribution in [1.29, 1.82) is 0 Å². The Morgan fingerprint density at radius 3 is 2.29 bits per heavy atom. The predicted molar refractivity (Wildman–Crippen MR) is 58.9 cm³/mol. The minimum absolute atomic E-state index is 0.121. The SMILES string of the molecule is COC1=C(C2CO2)C(=O)c2ccccc2C1=O. The fourth-order valence-electron chi connectivity index (χ4n) is 2.08. The average molecular weight is 230 g/mol. The number of carbonyl (C=O) groups is 2. The summed E-state index contributed by atoms with van der Waals surface area (Å²) < 4.78 is 10.2. The molecule has 86 valence electrons. The van der Waals surface area contributed by atoms with Crippen LogP contribution in [-0.2, 0) is 9.47 Å². The summed E-state index contributed by atoms with van der Waals surface area (Å²) in [5.41, 5.74) is 1.19. The van der Waals surface area contributed by atoms with Crippen LogP contribution in [0.5, 0.6) is 0 Å². The molecule has 0 amide bonds. The van der Waals surface area contributed by atoms with Gasteiger partial charge in [-0.25, -0.2) is 0 Å². The van der Waals surface area contributed by atoms with Gasteiger partial charge in [0.2, 0.25) is 5.78 Å². The molecule has 0 N–H and O–H groups in total. The van der Waals surface area contributed by atoms with E-state index in [4.69, 9.17) is 9.47 Å². The number of epoxide rings is 1. The van der Waals surface area contributed by atoms with E-state index < -0.39 is 0 Å². The Hall–Kier alpha value is -1.94. The van der Waals surface area contributed by atoms with Crippen molar-refractivity contribution in [2.75, 3.05) is 13.7 Å². The molecule has 0 saturated carbocycles. The van der Waals surface area contributed by atoms with E-state index in [1.165, 1.54) is 7.11 Å². The molecule has 1 aliphatic carbocycles. The molecule has 1 aromatic carbocycles. The molecule has 0 bridgehead atoms. The van der Waals surface area contributed by atoms with Gasteiger partial charge in [-0.3, -0.25) is 9.59 Å². The monoisotopic (exact) mass is 230 g/mol. The van der Waals surface area contributed by atoms with Crippen LogP contribution in [0.3, 0.4) is 0 Å². The van der Waals surface area contributed by atoms with Crippen molar-refractivity contribution in [3.8, 4) is 0 Å². The second-order valence-corrected chi connectivity index (χ2v) is 3.97. The molecule has 1 aliphatic heterocycles. The number of allylic oxidation sites excluding steroid dienone is 1. The van der Waals surface area contributed by atoms with E-state index in [1.807, 2.05) is 0 Å². The summed E-state index contributed by atoms with van der Waals surface area (Å²) in [6.07, 6.45) is -0.283. The molecule has 0 aromatic heterocycles. The van der Waals surface area contributed by atoms with Gasteiger partial charge in [0.25, 0.3) is 0 Å². The number of hydrogen-bond donors (Lipinski definition) is 0. The van der Waals surface area contributed by atoms with Crippen molar-refractivity contribution >= 4 is 11.6 Å². The van der Waals surface area contributed by atoms with Crippen LogP contribution in [0.4, 0.5) is 0 Å². The molecule has 2 aliphatic rings. The molecule has 0 spiro atoms. The maximum absolute atomic E-state index is 12.2. The quantitative estimate of drug-likeness (QED) is 0.720. The molecular formula is C13H10O4. The predicted octanol–water partition coefficient (Wildman–Crippen LogP) is 1.36. The molecule has 4 nitrogen and oxygen atoms in total. The summed E-state index contributed by atoms with van der Waals surface area (Å²) in [4.78, 5) is 24.4. The molecule has 17 heavy (non-hydrogen) atoms. The van der Waals surface area contributed by atoms with E-state index in [2.05, 4.69) is 0 Å². The van der Waals surface area contributed by atoms with Gasteiger partial charge in [-0.2, -0.15) is 0 Å². The lowest BCUT2D eigenvalue weighted by molar-refractivity contribution is 0.0899. The zero-order chi connectivity index (χ0) is 12.0. The highest BCUT2D eigenvalue weighted by molar-refractivity contribution is 6.26. The second kappa shape index (κ2) is 3.53. The molecule has 1 atom stereocenters. The van der Waals surface area contributed by atoms with Gasteiger partial charge >= 0.3 is 0 Å². The Bertz CT molecular complexity index is 552. The van der Waals surface area contributed by atoms with Crippen molar-refractivity contribution in [1.82, 2.24) is 0 Å². The fraction of sp³-hybridized carbons (Fsp3) is 0.231. The van der Waals surface area contributed by atoms with Crippen LogP contribution in [0, 0.1) is 0 Å². The summed E-state index contributed by atoms with van der Waals surface area (Å²) in [5.74, 6) is -0.288. The molecule has 1 heterocycles. The second-order valence-electron chi connectivity index (χ2n) is 3.97. The molecule has 3 rings (SSSR count). The van der Waals surface area contributed by atoms with E-state index >= 15 is 0 Å². The number of fused-ring (bicyclic) bond motifs is 1. The Kier molecular flexibility index (Phi) is 2.12. The van der Waals surface area contributed by atoms with Crippen LogP contribution in [0.25, 0.3) is 0 Å². The third kappa shape index (κ3) is 1.41. The Balaban J connectivity index is 2.21. The normalized spacial score (nSPS) is 22.5. The highest BCUT2D eigenvalue weighted by atomic mass is 16.6. The van der Waals surface area contributed by atoms with E-state index in [1.54, 1.807) is 24.3 Å². The van der Waals surface area contributed by atoms with Crippen LogP contribution in [0.2, 0.25) is 0 Å². The van der Waals surface area contributed by atoms with E-state index in [-0.39, 0.29) is 23.4 Å². The van der Waals surface area contributed by atoms with Gasteiger partial charge < -0.3 is 9.47 Å². The number of rotatable bonds is 2. The minimum Gasteiger partial charge on any atom is -0.492 e. The summed E-state index contributed by atoms with van der Waals surface area (Å²) in [6.45, 7) is 0.476. The summed E-state index contributed by atoms with van der Waals surface area (Å²) in [6, 6.07) is 6.77. The first-order valence-electron chi connectivity index (χ1n) is 5.32. The van der Waals surface area contributed by atoms with Crippen molar-refractivity contribution in [3.63, 3.8) is 0 Å². The standard InChI is InChI=1S/C13H10O4/c1-16-13-10(9-6-17-9)11(14)7-4-2-3-5-8(7)12(13)15/h2-5,9H,6H2,1H3. The first kappa shape index (κ1) is 10.2. The van der Waals surface area contributed by atoms with Crippen LogP contribution in [-0.4, -0.2) is 31.4 Å². The zero-order valence-corrected chi connectivity index (χ0v) is 9.23. The summed E-state index contributed by atoms with van der Waals surface area (Å²) in [7, 11) is 1.40. The van der Waals surface area contributed by atoms with Gasteiger partial charge in [-0.1, -0.05) is 24.3 Å². The minimum atomic E-state index is -0.283. The number of Topliss-reactive ketones (excluding diaryl/α,β-unsaturated/α-hetero) is 2. The number of ether oxygens (including phenoxy) is 2. The zero-order valence-electron chi connectivity index (χ0n) is 9.23. The van der Waals surface area contributed by atoms with Crippen LogP contribution < -0.4 is 0 Å². The molecule has 0 radical (unpaired) electrons. The lowest BCUT2D eigenvalue weighted by Crippen LogP contribution is -2.25. The summed E-state index contributed by atoms with van der Waals surface area (Å²) in [5, 5.41) is 0. The van der Waals surface area contributed by atoms with Crippen molar-refractivity contribution in [2.24, 2.45) is 0 Å². The maximum Gasteiger partial charge on any atom is 0.228 e. The van der Waals surface area contributed by atoms with Gasteiger partial charge in [0.15, 0.2) is 11.5 Å². The highest BCUT2D eigenvalue weighted by Crippen LogP contribution is 2.33. The van der Waals surface area contributed by atoms with Gasteiger partial charge in [0.05, 0.1) is 19.3 Å². The first-order valence-corrected chi connectivity index (χ1v) is 5.32. The molecule has 4 heteroatoms. The molecule has 1 unspecified atom stereocenters.